The van der Waals surface area contributed by atoms with E-state index in [1.54, 1.807) is 43.9 Å². The van der Waals surface area contributed by atoms with Gasteiger partial charge < -0.3 is 20.1 Å². The number of alkyl halides is 3. The molecule has 3 aromatic heterocycles. The van der Waals surface area contributed by atoms with Crippen LogP contribution in [0.2, 0.25) is 5.15 Å². The summed E-state index contributed by atoms with van der Waals surface area (Å²) in [5.41, 5.74) is -0.315. The number of esters is 1. The Bertz CT molecular complexity index is 1720. The van der Waals surface area contributed by atoms with E-state index in [4.69, 9.17) is 16.3 Å². The van der Waals surface area contributed by atoms with E-state index in [0.29, 0.717) is 35.0 Å². The number of nitrogens with one attached hydrogen (secondary N) is 1. The van der Waals surface area contributed by atoms with E-state index < -0.39 is 29.2 Å². The normalized spacial score (nSPS) is 14.5. The number of halogens is 4. The molecule has 0 aliphatic carbocycles. The fourth-order valence-electron chi connectivity index (χ4n) is 5.08. The van der Waals surface area contributed by atoms with Gasteiger partial charge >= 0.3 is 18.1 Å². The van der Waals surface area contributed by atoms with Gasteiger partial charge in [-0.2, -0.15) is 13.2 Å². The summed E-state index contributed by atoms with van der Waals surface area (Å²) in [5, 5.41) is 13.4. The number of carboxylic acids is 1. The molecule has 1 saturated heterocycles. The largest absolute Gasteiger partial charge is 0.478 e. The molecular weight excluding hydrogens is 599 g/mol. The number of nitrogens with zero attached hydrogens (tertiary/aromatic N) is 4. The van der Waals surface area contributed by atoms with Gasteiger partial charge in [0.25, 0.3) is 0 Å². The highest BCUT2D eigenvalue weighted by atomic mass is 35.5. The molecule has 1 aliphatic rings. The van der Waals surface area contributed by atoms with Gasteiger partial charge in [0.05, 0.1) is 34.6 Å². The van der Waals surface area contributed by atoms with Crippen molar-refractivity contribution in [3.8, 4) is 11.3 Å². The average Bonchev–Trinajstić information content (AvgIpc) is 2.96. The highest BCUT2D eigenvalue weighted by molar-refractivity contribution is 6.29. The molecule has 0 bridgehead atoms. The minimum atomic E-state index is -4.70. The lowest BCUT2D eigenvalue weighted by Crippen LogP contribution is -2.39. The van der Waals surface area contributed by atoms with Crippen molar-refractivity contribution in [1.82, 2.24) is 15.0 Å². The van der Waals surface area contributed by atoms with Crippen LogP contribution < -0.4 is 10.2 Å². The van der Waals surface area contributed by atoms with E-state index >= 15 is 0 Å². The van der Waals surface area contributed by atoms with Crippen molar-refractivity contribution in [2.45, 2.75) is 45.4 Å². The molecule has 0 spiro atoms. The van der Waals surface area contributed by atoms with Crippen molar-refractivity contribution in [3.63, 3.8) is 0 Å². The number of carbonyl (C=O) groups is 2. The number of hydrogen-bond acceptors (Lipinski definition) is 8. The van der Waals surface area contributed by atoms with Crippen LogP contribution in [0.1, 0.15) is 49.5 Å². The third kappa shape index (κ3) is 6.85. The van der Waals surface area contributed by atoms with Gasteiger partial charge in [-0.05, 0) is 70.0 Å². The van der Waals surface area contributed by atoms with Gasteiger partial charge in [-0.3, -0.25) is 14.8 Å². The molecule has 9 nitrogen and oxygen atoms in total. The first-order valence-corrected chi connectivity index (χ1v) is 14.2. The Morgan fingerprint density at radius 2 is 1.73 bits per heavy atom. The van der Waals surface area contributed by atoms with Gasteiger partial charge in [-0.25, -0.2) is 9.78 Å². The number of hydrogen-bond donors (Lipinski definition) is 2. The molecule has 4 aromatic rings. The van der Waals surface area contributed by atoms with Crippen LogP contribution in [0.25, 0.3) is 22.2 Å². The van der Waals surface area contributed by atoms with Crippen LogP contribution >= 0.6 is 11.6 Å². The molecular formula is C31H29ClF3N5O4. The molecule has 0 atom stereocenters. The molecule has 0 radical (unpaired) electrons. The second-order valence-electron chi connectivity index (χ2n) is 11.5. The minimum absolute atomic E-state index is 0.0227. The zero-order chi connectivity index (χ0) is 31.8. The van der Waals surface area contributed by atoms with Gasteiger partial charge in [0.15, 0.2) is 0 Å². The molecule has 4 heterocycles. The van der Waals surface area contributed by atoms with Crippen LogP contribution in [0.5, 0.6) is 0 Å². The van der Waals surface area contributed by atoms with Gasteiger partial charge in [-0.1, -0.05) is 11.6 Å². The lowest BCUT2D eigenvalue weighted by molar-refractivity contribution is -0.160. The summed E-state index contributed by atoms with van der Waals surface area (Å²) in [7, 11) is 0. The summed E-state index contributed by atoms with van der Waals surface area (Å²) < 4.78 is 48.6. The van der Waals surface area contributed by atoms with Crippen molar-refractivity contribution >= 4 is 51.5 Å². The third-order valence-corrected chi connectivity index (χ3v) is 7.38. The van der Waals surface area contributed by atoms with Gasteiger partial charge in [0.1, 0.15) is 16.3 Å². The first-order chi connectivity index (χ1) is 20.7. The van der Waals surface area contributed by atoms with Crippen molar-refractivity contribution < 1.29 is 32.6 Å². The first kappa shape index (κ1) is 31.0. The summed E-state index contributed by atoms with van der Waals surface area (Å²) >= 11 is 5.89. The summed E-state index contributed by atoms with van der Waals surface area (Å²) in [6.45, 7) is 5.80. The lowest BCUT2D eigenvalue weighted by Gasteiger charge is -2.35. The molecule has 5 rings (SSSR count). The van der Waals surface area contributed by atoms with Crippen molar-refractivity contribution in [2.24, 2.45) is 5.92 Å². The number of anilines is 3. The van der Waals surface area contributed by atoms with E-state index in [0.717, 1.165) is 12.3 Å². The second kappa shape index (κ2) is 11.9. The van der Waals surface area contributed by atoms with E-state index in [-0.39, 0.29) is 46.8 Å². The van der Waals surface area contributed by atoms with E-state index in [1.807, 2.05) is 0 Å². The van der Waals surface area contributed by atoms with Crippen LogP contribution in [0, 0.1) is 5.92 Å². The summed E-state index contributed by atoms with van der Waals surface area (Å²) in [5.74, 6) is -2.05. The maximum Gasteiger partial charge on any atom is 0.418 e. The van der Waals surface area contributed by atoms with Crippen LogP contribution in [-0.4, -0.2) is 50.7 Å². The number of piperidine rings is 1. The summed E-state index contributed by atoms with van der Waals surface area (Å²) in [6, 6.07) is 8.64. The van der Waals surface area contributed by atoms with Crippen LogP contribution in [-0.2, 0) is 15.7 Å². The second-order valence-corrected chi connectivity index (χ2v) is 11.8. The topological polar surface area (TPSA) is 118 Å². The number of pyridine rings is 3. The van der Waals surface area contributed by atoms with Crippen LogP contribution in [0.15, 0.2) is 55.0 Å². The molecule has 13 heteroatoms. The zero-order valence-corrected chi connectivity index (χ0v) is 24.8. The van der Waals surface area contributed by atoms with Crippen LogP contribution in [0.3, 0.4) is 0 Å². The van der Waals surface area contributed by atoms with Gasteiger partial charge in [0, 0.05) is 47.8 Å². The molecule has 0 saturated carbocycles. The predicted octanol–water partition coefficient (Wildman–Crippen LogP) is 7.36. The molecule has 44 heavy (non-hydrogen) atoms. The average molecular weight is 628 g/mol. The Balaban J connectivity index is 1.48. The fraction of sp³-hybridized carbons (Fsp3) is 0.323. The number of carboxylic acid groups (broad SMARTS) is 1. The van der Waals surface area contributed by atoms with Crippen molar-refractivity contribution in [2.75, 3.05) is 23.3 Å². The molecule has 1 fully saturated rings. The number of benzene rings is 1. The highest BCUT2D eigenvalue weighted by Gasteiger charge is 2.37. The Morgan fingerprint density at radius 1 is 1.00 bits per heavy atom. The third-order valence-electron chi connectivity index (χ3n) is 7.15. The summed E-state index contributed by atoms with van der Waals surface area (Å²) in [6.07, 6.45) is 0.0903. The number of rotatable bonds is 6. The fourth-order valence-corrected chi connectivity index (χ4v) is 5.19. The van der Waals surface area contributed by atoms with E-state index in [2.05, 4.69) is 20.3 Å². The summed E-state index contributed by atoms with van der Waals surface area (Å²) in [4.78, 5) is 38.8. The number of aromatic carboxylic acids is 1. The van der Waals surface area contributed by atoms with E-state index in [1.165, 1.54) is 24.5 Å². The highest BCUT2D eigenvalue weighted by Crippen LogP contribution is 2.41. The molecule has 1 aromatic carbocycles. The maximum atomic E-state index is 14.4. The first-order valence-electron chi connectivity index (χ1n) is 13.8. The number of ether oxygens (including phenoxy) is 1. The Labute approximate surface area is 256 Å². The maximum absolute atomic E-state index is 14.4. The molecule has 0 unspecified atom stereocenters. The number of aromatic nitrogens is 3. The molecule has 2 N–H and O–H groups in total. The molecule has 0 amide bonds. The van der Waals surface area contributed by atoms with Crippen molar-refractivity contribution in [1.29, 1.82) is 0 Å². The molecule has 230 valence electrons. The monoisotopic (exact) mass is 627 g/mol. The smallest absolute Gasteiger partial charge is 0.418 e. The Morgan fingerprint density at radius 3 is 2.34 bits per heavy atom. The van der Waals surface area contributed by atoms with E-state index in [9.17, 15) is 27.9 Å². The van der Waals surface area contributed by atoms with Crippen LogP contribution in [0.4, 0.5) is 30.2 Å². The number of carbonyl (C=O) groups excluding carboxylic acids is 1. The predicted molar refractivity (Wildman–Crippen MR) is 160 cm³/mol. The standard InChI is InChI=1S/C31H29ClF3N5O4/c1-30(2,3)44-29(43)17-8-10-40(11-9-17)25-6-5-19(12-22(25)31(33,34)35)39-27-20-13-23(18-4-7-26(32)38-14-18)37-16-24(20)36-15-21(27)28(41)42/h4-7,12-17H,8-11H2,1-3H3,(H,36,39)(H,41,42). The Hall–Kier alpha value is -4.45. The van der Waals surface area contributed by atoms with Crippen molar-refractivity contribution in [3.05, 3.63) is 71.3 Å². The quantitative estimate of drug-likeness (QED) is 0.167. The minimum Gasteiger partial charge on any atom is -0.478 e. The lowest BCUT2D eigenvalue weighted by atomic mass is 9.95. The van der Waals surface area contributed by atoms with Gasteiger partial charge in [0.2, 0.25) is 0 Å². The SMILES string of the molecule is CC(C)(C)OC(=O)C1CCN(c2ccc(Nc3c(C(=O)O)cnc4cnc(-c5ccc(Cl)nc5)cc34)cc2C(F)(F)F)CC1. The van der Waals surface area contributed by atoms with Gasteiger partial charge in [-0.15, -0.1) is 0 Å². The zero-order valence-electron chi connectivity index (χ0n) is 24.1. The number of fused-ring (bicyclic) bond motifs is 1. The molecule has 1 aliphatic heterocycles. The Kier molecular flexibility index (Phi) is 8.39.